The minimum atomic E-state index is -4.69. The van der Waals surface area contributed by atoms with E-state index in [0.29, 0.717) is 12.3 Å². The molecule has 2 N–H and O–H groups in total. The third-order valence-electron chi connectivity index (χ3n) is 3.82. The number of carbonyl (C=O) groups excluding carboxylic acids is 1. The zero-order valence-corrected chi connectivity index (χ0v) is 17.0. The van der Waals surface area contributed by atoms with Gasteiger partial charge in [0.1, 0.15) is 10.6 Å². The fourth-order valence-corrected chi connectivity index (χ4v) is 4.20. The number of amides is 1. The molecule has 2 heterocycles. The van der Waals surface area contributed by atoms with E-state index in [1.54, 1.807) is 4.72 Å². The number of alkyl halides is 3. The highest BCUT2D eigenvalue weighted by atomic mass is 35.5. The minimum Gasteiger partial charge on any atom is -0.504 e. The molecule has 0 radical (unpaired) electrons. The zero-order chi connectivity index (χ0) is 22.4. The standard InChI is InChI=1S/C16H10Cl2F3N3O5S/c1-29-12-4-13(8(17)3-11(12)25)30(27,28)23-15(26)10-6-24-5-7(16(19,20)21)2-9(18)14(24)22-10/h2-6,25H,1H3,(H,23,26). The number of nitrogens with zero attached hydrogens (tertiary/aromatic N) is 2. The molecule has 0 aliphatic carbocycles. The van der Waals surface area contributed by atoms with Crippen molar-refractivity contribution in [2.75, 3.05) is 7.11 Å². The number of hydrogen-bond donors (Lipinski definition) is 2. The van der Waals surface area contributed by atoms with Crippen LogP contribution in [0.25, 0.3) is 5.65 Å². The number of imidazole rings is 1. The second-order valence-electron chi connectivity index (χ2n) is 5.82. The number of benzene rings is 1. The Morgan fingerprint density at radius 3 is 2.47 bits per heavy atom. The molecule has 8 nitrogen and oxygen atoms in total. The van der Waals surface area contributed by atoms with Crippen LogP contribution in [-0.4, -0.2) is 35.9 Å². The molecule has 0 spiro atoms. The van der Waals surface area contributed by atoms with Crippen molar-refractivity contribution in [3.63, 3.8) is 0 Å². The van der Waals surface area contributed by atoms with Gasteiger partial charge in [-0.2, -0.15) is 13.2 Å². The zero-order valence-electron chi connectivity index (χ0n) is 14.7. The van der Waals surface area contributed by atoms with Crippen molar-refractivity contribution in [3.05, 3.63) is 51.9 Å². The Hall–Kier alpha value is -2.70. The minimum absolute atomic E-state index is 0.184. The molecule has 0 aliphatic heterocycles. The lowest BCUT2D eigenvalue weighted by Crippen LogP contribution is -2.31. The molecule has 0 atom stereocenters. The number of fused-ring (bicyclic) bond motifs is 1. The van der Waals surface area contributed by atoms with Crippen LogP contribution in [0.1, 0.15) is 16.1 Å². The summed E-state index contributed by atoms with van der Waals surface area (Å²) >= 11 is 11.6. The predicted molar refractivity (Wildman–Crippen MR) is 99.5 cm³/mol. The summed E-state index contributed by atoms with van der Waals surface area (Å²) in [4.78, 5) is 15.6. The van der Waals surface area contributed by atoms with E-state index in [9.17, 15) is 31.5 Å². The number of halogens is 5. The van der Waals surface area contributed by atoms with Crippen molar-refractivity contribution in [1.29, 1.82) is 0 Å². The Morgan fingerprint density at radius 1 is 1.20 bits per heavy atom. The summed E-state index contributed by atoms with van der Waals surface area (Å²) < 4.78 is 71.1. The average Bonchev–Trinajstić information content (AvgIpc) is 3.05. The number of phenolic OH excluding ortho intramolecular Hbond substituents is 1. The van der Waals surface area contributed by atoms with Crippen LogP contribution in [0.4, 0.5) is 13.2 Å². The first kappa shape index (κ1) is 22.0. The summed E-state index contributed by atoms with van der Waals surface area (Å²) in [5.74, 6) is -1.89. The second-order valence-corrected chi connectivity index (χ2v) is 8.29. The van der Waals surface area contributed by atoms with Crippen LogP contribution >= 0.6 is 23.2 Å². The van der Waals surface area contributed by atoms with E-state index in [0.717, 1.165) is 22.7 Å². The molecule has 2 aromatic heterocycles. The largest absolute Gasteiger partial charge is 0.504 e. The smallest absolute Gasteiger partial charge is 0.417 e. The summed E-state index contributed by atoms with van der Waals surface area (Å²) in [6, 6.07) is 2.43. The first-order valence-electron chi connectivity index (χ1n) is 7.72. The Bertz CT molecular complexity index is 1280. The van der Waals surface area contributed by atoms with Crippen LogP contribution in [0.5, 0.6) is 11.5 Å². The second kappa shape index (κ2) is 7.52. The van der Waals surface area contributed by atoms with Gasteiger partial charge in [0.25, 0.3) is 15.9 Å². The van der Waals surface area contributed by atoms with Gasteiger partial charge in [0, 0.05) is 24.5 Å². The van der Waals surface area contributed by atoms with Gasteiger partial charge >= 0.3 is 6.18 Å². The van der Waals surface area contributed by atoms with Gasteiger partial charge in [0.15, 0.2) is 17.1 Å². The first-order valence-corrected chi connectivity index (χ1v) is 9.96. The van der Waals surface area contributed by atoms with Crippen molar-refractivity contribution in [2.45, 2.75) is 11.1 Å². The number of pyridine rings is 1. The van der Waals surface area contributed by atoms with Crippen molar-refractivity contribution in [1.82, 2.24) is 14.1 Å². The number of methoxy groups -OCH3 is 1. The fraction of sp³-hybridized carbons (Fsp3) is 0.125. The van der Waals surface area contributed by atoms with E-state index in [1.165, 1.54) is 7.11 Å². The van der Waals surface area contributed by atoms with Crippen LogP contribution in [0.15, 0.2) is 35.5 Å². The van der Waals surface area contributed by atoms with Crippen LogP contribution in [0.2, 0.25) is 10.0 Å². The highest BCUT2D eigenvalue weighted by Crippen LogP contribution is 2.35. The molecule has 1 aromatic carbocycles. The molecule has 3 rings (SSSR count). The van der Waals surface area contributed by atoms with E-state index < -0.39 is 54.1 Å². The number of carbonyl (C=O) groups is 1. The normalized spacial score (nSPS) is 12.2. The van der Waals surface area contributed by atoms with Crippen molar-refractivity contribution in [3.8, 4) is 11.5 Å². The summed E-state index contributed by atoms with van der Waals surface area (Å²) in [6.45, 7) is 0. The predicted octanol–water partition coefficient (Wildman–Crippen LogP) is 3.49. The van der Waals surface area contributed by atoms with Gasteiger partial charge in [-0.25, -0.2) is 18.1 Å². The monoisotopic (exact) mass is 483 g/mol. The number of sulfonamides is 1. The number of phenols is 1. The molecule has 14 heteroatoms. The van der Waals surface area contributed by atoms with Gasteiger partial charge in [-0.3, -0.25) is 4.79 Å². The maximum atomic E-state index is 12.9. The summed E-state index contributed by atoms with van der Waals surface area (Å²) in [7, 11) is -3.38. The van der Waals surface area contributed by atoms with Crippen LogP contribution in [0.3, 0.4) is 0 Å². The third-order valence-corrected chi connectivity index (χ3v) is 5.89. The summed E-state index contributed by atoms with van der Waals surface area (Å²) in [6.07, 6.45) is -3.15. The van der Waals surface area contributed by atoms with Gasteiger partial charge in [0.2, 0.25) is 0 Å². The van der Waals surface area contributed by atoms with Gasteiger partial charge in [-0.15, -0.1) is 0 Å². The van der Waals surface area contributed by atoms with Crippen LogP contribution in [0, 0.1) is 0 Å². The van der Waals surface area contributed by atoms with Gasteiger partial charge in [-0.05, 0) is 6.07 Å². The molecule has 0 fully saturated rings. The molecule has 0 bridgehead atoms. The van der Waals surface area contributed by atoms with E-state index in [4.69, 9.17) is 27.9 Å². The number of rotatable bonds is 4. The first-order chi connectivity index (χ1) is 13.8. The van der Waals surface area contributed by atoms with E-state index >= 15 is 0 Å². The fourth-order valence-electron chi connectivity index (χ4n) is 2.44. The number of hydrogen-bond acceptors (Lipinski definition) is 6. The van der Waals surface area contributed by atoms with E-state index in [-0.39, 0.29) is 11.4 Å². The molecular weight excluding hydrogens is 474 g/mol. The van der Waals surface area contributed by atoms with Crippen molar-refractivity contribution >= 4 is 44.8 Å². The lowest BCUT2D eigenvalue weighted by atomic mass is 10.3. The highest BCUT2D eigenvalue weighted by molar-refractivity contribution is 7.90. The molecule has 0 unspecified atom stereocenters. The Balaban J connectivity index is 1.98. The third kappa shape index (κ3) is 4.11. The number of aromatic nitrogens is 2. The molecule has 160 valence electrons. The van der Waals surface area contributed by atoms with Crippen LogP contribution < -0.4 is 9.46 Å². The molecule has 3 aromatic rings. The van der Waals surface area contributed by atoms with Gasteiger partial charge < -0.3 is 14.2 Å². The molecule has 0 saturated carbocycles. The number of aromatic hydroxyl groups is 1. The average molecular weight is 484 g/mol. The number of nitrogens with one attached hydrogen (secondary N) is 1. The summed E-state index contributed by atoms with van der Waals surface area (Å²) in [5, 5.41) is 8.84. The van der Waals surface area contributed by atoms with Crippen molar-refractivity contribution < 1.29 is 36.2 Å². The maximum absolute atomic E-state index is 12.9. The quantitative estimate of drug-likeness (QED) is 0.587. The SMILES string of the molecule is COc1cc(S(=O)(=O)NC(=O)c2cn3cc(C(F)(F)F)cc(Cl)c3n2)c(Cl)cc1O. The van der Waals surface area contributed by atoms with Crippen molar-refractivity contribution in [2.24, 2.45) is 0 Å². The molecule has 30 heavy (non-hydrogen) atoms. The highest BCUT2D eigenvalue weighted by Gasteiger charge is 2.32. The lowest BCUT2D eigenvalue weighted by molar-refractivity contribution is -0.137. The summed E-state index contributed by atoms with van der Waals surface area (Å²) in [5.41, 5.74) is -1.78. The van der Waals surface area contributed by atoms with Gasteiger partial charge in [0.05, 0.1) is 22.7 Å². The maximum Gasteiger partial charge on any atom is 0.417 e. The van der Waals surface area contributed by atoms with Gasteiger partial charge in [-0.1, -0.05) is 23.2 Å². The number of ether oxygens (including phenoxy) is 1. The van der Waals surface area contributed by atoms with Crippen LogP contribution in [-0.2, 0) is 16.2 Å². The lowest BCUT2D eigenvalue weighted by Gasteiger charge is -2.10. The van der Waals surface area contributed by atoms with E-state index in [1.807, 2.05) is 0 Å². The molecule has 0 aliphatic rings. The Labute approximate surface area is 176 Å². The molecular formula is C16H10Cl2F3N3O5S. The Kier molecular flexibility index (Phi) is 5.52. The van der Waals surface area contributed by atoms with E-state index in [2.05, 4.69) is 4.98 Å². The Morgan fingerprint density at radius 2 is 1.87 bits per heavy atom. The molecule has 1 amide bonds. The molecule has 0 saturated heterocycles. The topological polar surface area (TPSA) is 110 Å².